The SMILES string of the molecule is CCCCCCCCC/C=C\CCCCCCCC(=O)OCCCCCCCCCCCCCCCCCCCCCCCCCCCCCC(=O)NC(CO)C(O)CCCCCCCCCCCCCCCCCCCCCC. The van der Waals surface area contributed by atoms with Crippen molar-refractivity contribution in [2.45, 2.75) is 437 Å². The quantitative estimate of drug-likeness (QED) is 0.0320. The number of allylic oxidation sites excluding steroid dienone is 2. The average Bonchev–Trinajstić information content (AvgIpc) is 3.46. The maximum Gasteiger partial charge on any atom is 0.305 e. The van der Waals surface area contributed by atoms with Gasteiger partial charge in [0.1, 0.15) is 0 Å². The van der Waals surface area contributed by atoms with Crippen LogP contribution in [0.4, 0.5) is 0 Å². The molecule has 0 aromatic heterocycles. The van der Waals surface area contributed by atoms with E-state index in [1.54, 1.807) is 0 Å². The number of rotatable bonds is 70. The summed E-state index contributed by atoms with van der Waals surface area (Å²) in [6, 6.07) is -0.540. The fraction of sp³-hybridized carbons (Fsp3) is 0.946. The van der Waals surface area contributed by atoms with E-state index in [1.165, 1.54) is 347 Å². The zero-order chi connectivity index (χ0) is 57.8. The molecule has 0 aliphatic rings. The molecular weight excluding hydrogens is 983 g/mol. The van der Waals surface area contributed by atoms with Crippen molar-refractivity contribution in [1.29, 1.82) is 0 Å². The fourth-order valence-electron chi connectivity index (χ4n) is 11.9. The van der Waals surface area contributed by atoms with Crippen molar-refractivity contribution in [3.05, 3.63) is 12.2 Å². The number of hydrogen-bond acceptors (Lipinski definition) is 5. The third-order valence-corrected chi connectivity index (χ3v) is 17.6. The Kier molecular flexibility index (Phi) is 68.9. The number of aliphatic hydroxyl groups is 2. The molecule has 80 heavy (non-hydrogen) atoms. The van der Waals surface area contributed by atoms with Crippen LogP contribution in [0.15, 0.2) is 12.2 Å². The Morgan fingerprint density at radius 2 is 0.588 bits per heavy atom. The molecule has 2 atom stereocenters. The van der Waals surface area contributed by atoms with Crippen LogP contribution in [-0.2, 0) is 14.3 Å². The van der Waals surface area contributed by atoms with Crippen molar-refractivity contribution in [2.75, 3.05) is 13.2 Å². The largest absolute Gasteiger partial charge is 0.466 e. The van der Waals surface area contributed by atoms with E-state index in [9.17, 15) is 19.8 Å². The van der Waals surface area contributed by atoms with E-state index in [2.05, 4.69) is 31.3 Å². The standard InChI is InChI=1S/C74H145NO5/c1-3-5-7-9-11-13-15-17-19-21-22-32-35-38-42-46-50-54-58-62-66-72(77)71(70-76)75-73(78)67-63-59-55-51-47-43-39-36-33-30-28-26-24-23-25-27-29-31-34-37-41-45-49-53-57-61-65-69-80-74(79)68-64-60-56-52-48-44-40-20-18-16-14-12-10-8-6-4-2/h20,40,71-72,76-77H,3-19,21-39,41-70H2,1-2H3,(H,75,78)/b40-20-. The van der Waals surface area contributed by atoms with Gasteiger partial charge in [-0.15, -0.1) is 0 Å². The van der Waals surface area contributed by atoms with Gasteiger partial charge in [0.2, 0.25) is 5.91 Å². The van der Waals surface area contributed by atoms with Crippen molar-refractivity contribution in [1.82, 2.24) is 5.32 Å². The van der Waals surface area contributed by atoms with E-state index < -0.39 is 12.1 Å². The maximum atomic E-state index is 12.5. The highest BCUT2D eigenvalue weighted by molar-refractivity contribution is 5.76. The highest BCUT2D eigenvalue weighted by Gasteiger charge is 2.20. The Morgan fingerprint density at radius 1 is 0.338 bits per heavy atom. The molecule has 0 aromatic rings. The first-order valence-corrected chi connectivity index (χ1v) is 36.9. The van der Waals surface area contributed by atoms with Gasteiger partial charge < -0.3 is 20.3 Å². The van der Waals surface area contributed by atoms with Gasteiger partial charge in [-0.05, 0) is 51.4 Å². The molecule has 0 aliphatic carbocycles. The Bertz CT molecular complexity index is 1210. The molecule has 2 unspecified atom stereocenters. The molecule has 0 radical (unpaired) electrons. The van der Waals surface area contributed by atoms with Crippen molar-refractivity contribution >= 4 is 11.9 Å². The minimum absolute atomic E-state index is 0.0119. The normalized spacial score (nSPS) is 12.5. The summed E-state index contributed by atoms with van der Waals surface area (Å²) in [6.07, 6.45) is 87.0. The third kappa shape index (κ3) is 65.7. The molecule has 0 aromatic carbocycles. The highest BCUT2D eigenvalue weighted by Crippen LogP contribution is 2.20. The second-order valence-electron chi connectivity index (χ2n) is 25.6. The predicted octanol–water partition coefficient (Wildman–Crippen LogP) is 23.9. The van der Waals surface area contributed by atoms with Crippen LogP contribution in [-0.4, -0.2) is 47.4 Å². The van der Waals surface area contributed by atoms with Gasteiger partial charge in [-0.25, -0.2) is 0 Å². The second kappa shape index (κ2) is 70.1. The van der Waals surface area contributed by atoms with Gasteiger partial charge in [-0.2, -0.15) is 0 Å². The van der Waals surface area contributed by atoms with Crippen LogP contribution < -0.4 is 5.32 Å². The number of carbonyl (C=O) groups excluding carboxylic acids is 2. The molecule has 1 amide bonds. The average molecular weight is 1130 g/mol. The lowest BCUT2D eigenvalue weighted by molar-refractivity contribution is -0.143. The van der Waals surface area contributed by atoms with Gasteiger partial charge in [-0.1, -0.05) is 373 Å². The summed E-state index contributed by atoms with van der Waals surface area (Å²) in [4.78, 5) is 24.6. The molecule has 0 saturated heterocycles. The lowest BCUT2D eigenvalue weighted by Crippen LogP contribution is -2.45. The molecular formula is C74H145NO5. The van der Waals surface area contributed by atoms with Gasteiger partial charge in [0.15, 0.2) is 0 Å². The van der Waals surface area contributed by atoms with Gasteiger partial charge in [0, 0.05) is 12.8 Å². The van der Waals surface area contributed by atoms with Crippen molar-refractivity contribution < 1.29 is 24.5 Å². The summed E-state index contributed by atoms with van der Waals surface area (Å²) in [5.74, 6) is -0.0154. The fourth-order valence-corrected chi connectivity index (χ4v) is 11.9. The van der Waals surface area contributed by atoms with Crippen LogP contribution in [0.25, 0.3) is 0 Å². The molecule has 0 fully saturated rings. The first-order chi connectivity index (χ1) is 39.5. The molecule has 0 spiro atoms. The molecule has 0 rings (SSSR count). The molecule has 0 saturated carbocycles. The van der Waals surface area contributed by atoms with E-state index in [1.807, 2.05) is 0 Å². The van der Waals surface area contributed by atoms with Crippen LogP contribution >= 0.6 is 0 Å². The number of carbonyl (C=O) groups is 2. The number of amides is 1. The number of esters is 1. The van der Waals surface area contributed by atoms with E-state index in [0.29, 0.717) is 25.9 Å². The molecule has 0 heterocycles. The summed E-state index contributed by atoms with van der Waals surface area (Å²) in [6.45, 7) is 5.00. The second-order valence-corrected chi connectivity index (χ2v) is 25.6. The molecule has 3 N–H and O–H groups in total. The topological polar surface area (TPSA) is 95.9 Å². The minimum Gasteiger partial charge on any atom is -0.466 e. The van der Waals surface area contributed by atoms with Crippen molar-refractivity contribution in [3.8, 4) is 0 Å². The first-order valence-electron chi connectivity index (χ1n) is 36.9. The Balaban J connectivity index is 3.34. The molecule has 6 nitrogen and oxygen atoms in total. The van der Waals surface area contributed by atoms with E-state index in [-0.39, 0.29) is 18.5 Å². The maximum absolute atomic E-state index is 12.5. The molecule has 6 heteroatoms. The Labute approximate surface area is 501 Å². The monoisotopic (exact) mass is 1130 g/mol. The summed E-state index contributed by atoms with van der Waals surface area (Å²) in [5.41, 5.74) is 0. The van der Waals surface area contributed by atoms with Crippen LogP contribution in [0, 0.1) is 0 Å². The van der Waals surface area contributed by atoms with Crippen molar-refractivity contribution in [3.63, 3.8) is 0 Å². The summed E-state index contributed by atoms with van der Waals surface area (Å²) in [5, 5.41) is 23.4. The number of ether oxygens (including phenoxy) is 1. The summed E-state index contributed by atoms with van der Waals surface area (Å²) < 4.78 is 5.50. The minimum atomic E-state index is -0.663. The lowest BCUT2D eigenvalue weighted by atomic mass is 10.0. The first kappa shape index (κ1) is 78.6. The summed E-state index contributed by atoms with van der Waals surface area (Å²) in [7, 11) is 0. The van der Waals surface area contributed by atoms with Gasteiger partial charge in [0.05, 0.1) is 25.4 Å². The zero-order valence-corrected chi connectivity index (χ0v) is 54.6. The Morgan fingerprint density at radius 3 is 0.887 bits per heavy atom. The predicted molar refractivity (Wildman–Crippen MR) is 352 cm³/mol. The number of hydrogen-bond donors (Lipinski definition) is 3. The van der Waals surface area contributed by atoms with Gasteiger partial charge in [0.25, 0.3) is 0 Å². The zero-order valence-electron chi connectivity index (χ0n) is 54.6. The Hall–Kier alpha value is -1.40. The van der Waals surface area contributed by atoms with E-state index in [0.717, 1.165) is 44.9 Å². The molecule has 0 bridgehead atoms. The molecule has 0 aliphatic heterocycles. The summed E-state index contributed by atoms with van der Waals surface area (Å²) >= 11 is 0. The van der Waals surface area contributed by atoms with Crippen LogP contribution in [0.1, 0.15) is 425 Å². The third-order valence-electron chi connectivity index (χ3n) is 17.6. The highest BCUT2D eigenvalue weighted by atomic mass is 16.5. The number of aliphatic hydroxyl groups excluding tert-OH is 2. The number of nitrogens with one attached hydrogen (secondary N) is 1. The number of unbranched alkanes of at least 4 members (excludes halogenated alkanes) is 57. The van der Waals surface area contributed by atoms with Crippen LogP contribution in [0.5, 0.6) is 0 Å². The van der Waals surface area contributed by atoms with Crippen LogP contribution in [0.2, 0.25) is 0 Å². The van der Waals surface area contributed by atoms with Gasteiger partial charge in [-0.3, -0.25) is 9.59 Å². The van der Waals surface area contributed by atoms with E-state index >= 15 is 0 Å². The molecule has 476 valence electrons. The lowest BCUT2D eigenvalue weighted by Gasteiger charge is -2.22. The smallest absolute Gasteiger partial charge is 0.305 e. The van der Waals surface area contributed by atoms with Gasteiger partial charge >= 0.3 is 5.97 Å². The van der Waals surface area contributed by atoms with E-state index in [4.69, 9.17) is 4.74 Å². The van der Waals surface area contributed by atoms with Crippen molar-refractivity contribution in [2.24, 2.45) is 0 Å². The van der Waals surface area contributed by atoms with Crippen LogP contribution in [0.3, 0.4) is 0 Å².